The first-order valence-corrected chi connectivity index (χ1v) is 9.29. The third-order valence-electron chi connectivity index (χ3n) is 4.09. The van der Waals surface area contributed by atoms with Crippen LogP contribution in [-0.2, 0) is 0 Å². The zero-order valence-electron chi connectivity index (χ0n) is 14.4. The van der Waals surface area contributed by atoms with Gasteiger partial charge in [0.05, 0.1) is 0 Å². The number of unbranched alkanes of at least 4 members (excludes halogenated alkanes) is 9. The van der Waals surface area contributed by atoms with Crippen molar-refractivity contribution in [3.8, 4) is 0 Å². The molecule has 0 aliphatic rings. The molecule has 0 saturated carbocycles. The van der Waals surface area contributed by atoms with Crippen molar-refractivity contribution < 1.29 is 10.2 Å². The Bertz CT molecular complexity index is 178. The van der Waals surface area contributed by atoms with E-state index in [4.69, 9.17) is 10.2 Å². The molecule has 0 bridgehead atoms. The van der Waals surface area contributed by atoms with E-state index >= 15 is 0 Å². The molecular formula is C18H39NO2. The van der Waals surface area contributed by atoms with E-state index in [9.17, 15) is 0 Å². The molecule has 0 rings (SSSR count). The van der Waals surface area contributed by atoms with E-state index in [1.807, 2.05) is 0 Å². The van der Waals surface area contributed by atoms with E-state index in [2.05, 4.69) is 11.8 Å². The molecule has 0 radical (unpaired) electrons. The Morgan fingerprint density at radius 3 is 1.33 bits per heavy atom. The molecule has 0 unspecified atom stereocenters. The largest absolute Gasteiger partial charge is 0.396 e. The highest BCUT2D eigenvalue weighted by Gasteiger charge is 2.04. The van der Waals surface area contributed by atoms with Gasteiger partial charge < -0.3 is 15.1 Å². The van der Waals surface area contributed by atoms with Crippen LogP contribution in [0.3, 0.4) is 0 Å². The summed E-state index contributed by atoms with van der Waals surface area (Å²) in [5, 5.41) is 17.8. The normalized spacial score (nSPS) is 11.4. The number of aliphatic hydroxyl groups excluding tert-OH is 2. The molecule has 0 amide bonds. The standard InChI is InChI=1S/C18H39NO2/c1-2-3-4-5-6-7-8-9-14-19(15-10-12-17-20)16-11-13-18-21/h20-21H,2-18H2,1H3. The summed E-state index contributed by atoms with van der Waals surface area (Å²) in [7, 11) is 0. The molecule has 0 aromatic rings. The summed E-state index contributed by atoms with van der Waals surface area (Å²) in [5.41, 5.74) is 0. The van der Waals surface area contributed by atoms with Crippen molar-refractivity contribution in [2.45, 2.75) is 84.0 Å². The molecule has 0 heterocycles. The molecule has 0 aromatic heterocycles. The molecule has 3 nitrogen and oxygen atoms in total. The fourth-order valence-corrected chi connectivity index (χ4v) is 2.70. The smallest absolute Gasteiger partial charge is 0.0431 e. The van der Waals surface area contributed by atoms with Crippen molar-refractivity contribution in [2.24, 2.45) is 0 Å². The Morgan fingerprint density at radius 2 is 0.905 bits per heavy atom. The summed E-state index contributed by atoms with van der Waals surface area (Å²) in [5.74, 6) is 0. The maximum Gasteiger partial charge on any atom is 0.0431 e. The van der Waals surface area contributed by atoms with Crippen molar-refractivity contribution in [1.82, 2.24) is 4.90 Å². The molecule has 0 aromatic carbocycles. The van der Waals surface area contributed by atoms with Gasteiger partial charge in [-0.2, -0.15) is 0 Å². The second kappa shape index (κ2) is 17.9. The number of nitrogens with zero attached hydrogens (tertiary/aromatic N) is 1. The van der Waals surface area contributed by atoms with Gasteiger partial charge in [-0.3, -0.25) is 0 Å². The zero-order valence-corrected chi connectivity index (χ0v) is 14.4. The lowest BCUT2D eigenvalue weighted by molar-refractivity contribution is 0.223. The van der Waals surface area contributed by atoms with E-state index in [1.165, 1.54) is 57.9 Å². The van der Waals surface area contributed by atoms with Crippen LogP contribution in [0.15, 0.2) is 0 Å². The monoisotopic (exact) mass is 301 g/mol. The topological polar surface area (TPSA) is 43.7 Å². The van der Waals surface area contributed by atoms with Crippen LogP contribution < -0.4 is 0 Å². The summed E-state index contributed by atoms with van der Waals surface area (Å²) >= 11 is 0. The molecule has 21 heavy (non-hydrogen) atoms. The molecule has 0 fully saturated rings. The van der Waals surface area contributed by atoms with Crippen molar-refractivity contribution in [3.63, 3.8) is 0 Å². The Kier molecular flexibility index (Phi) is 17.8. The minimum absolute atomic E-state index is 0.308. The van der Waals surface area contributed by atoms with Crippen molar-refractivity contribution >= 4 is 0 Å². The SMILES string of the molecule is CCCCCCCCCCN(CCCCO)CCCCO. The van der Waals surface area contributed by atoms with Crippen molar-refractivity contribution in [1.29, 1.82) is 0 Å². The van der Waals surface area contributed by atoms with Gasteiger partial charge in [0.2, 0.25) is 0 Å². The predicted octanol–water partition coefficient (Wildman–Crippen LogP) is 3.97. The van der Waals surface area contributed by atoms with E-state index in [0.29, 0.717) is 13.2 Å². The summed E-state index contributed by atoms with van der Waals surface area (Å²) < 4.78 is 0. The molecule has 0 aliphatic carbocycles. The van der Waals surface area contributed by atoms with Gasteiger partial charge in [-0.05, 0) is 51.7 Å². The van der Waals surface area contributed by atoms with Gasteiger partial charge in [-0.15, -0.1) is 0 Å². The zero-order chi connectivity index (χ0) is 15.6. The van der Waals surface area contributed by atoms with Crippen LogP contribution in [0, 0.1) is 0 Å². The first kappa shape index (κ1) is 20.9. The lowest BCUT2D eigenvalue weighted by atomic mass is 10.1. The van der Waals surface area contributed by atoms with Gasteiger partial charge in [0.15, 0.2) is 0 Å². The number of rotatable bonds is 17. The van der Waals surface area contributed by atoms with E-state index in [-0.39, 0.29) is 0 Å². The average molecular weight is 302 g/mol. The van der Waals surface area contributed by atoms with Crippen LogP contribution in [0.1, 0.15) is 84.0 Å². The Morgan fingerprint density at radius 1 is 0.524 bits per heavy atom. The lowest BCUT2D eigenvalue weighted by Crippen LogP contribution is -2.27. The third kappa shape index (κ3) is 16.1. The number of hydrogen-bond acceptors (Lipinski definition) is 3. The second-order valence-electron chi connectivity index (χ2n) is 6.18. The molecular weight excluding hydrogens is 262 g/mol. The van der Waals surface area contributed by atoms with Crippen LogP contribution in [0.25, 0.3) is 0 Å². The lowest BCUT2D eigenvalue weighted by Gasteiger charge is -2.22. The highest BCUT2D eigenvalue weighted by atomic mass is 16.3. The fourth-order valence-electron chi connectivity index (χ4n) is 2.70. The third-order valence-corrected chi connectivity index (χ3v) is 4.09. The van der Waals surface area contributed by atoms with Crippen LogP contribution >= 0.6 is 0 Å². The number of hydrogen-bond donors (Lipinski definition) is 2. The molecule has 0 atom stereocenters. The molecule has 0 saturated heterocycles. The van der Waals surface area contributed by atoms with Gasteiger partial charge in [0, 0.05) is 13.2 Å². The molecule has 2 N–H and O–H groups in total. The van der Waals surface area contributed by atoms with Gasteiger partial charge in [0.1, 0.15) is 0 Å². The predicted molar refractivity (Wildman–Crippen MR) is 91.7 cm³/mol. The van der Waals surface area contributed by atoms with Crippen molar-refractivity contribution in [2.75, 3.05) is 32.8 Å². The van der Waals surface area contributed by atoms with Gasteiger partial charge in [0.25, 0.3) is 0 Å². The summed E-state index contributed by atoms with van der Waals surface area (Å²) in [6, 6.07) is 0. The first-order valence-electron chi connectivity index (χ1n) is 9.29. The molecule has 0 aliphatic heterocycles. The van der Waals surface area contributed by atoms with E-state index in [0.717, 1.165) is 38.8 Å². The number of aliphatic hydroxyl groups is 2. The molecule has 0 spiro atoms. The van der Waals surface area contributed by atoms with Gasteiger partial charge in [-0.1, -0.05) is 51.9 Å². The molecule has 128 valence electrons. The van der Waals surface area contributed by atoms with Crippen LogP contribution in [-0.4, -0.2) is 48.0 Å². The van der Waals surface area contributed by atoms with Crippen LogP contribution in [0.2, 0.25) is 0 Å². The van der Waals surface area contributed by atoms with E-state index in [1.54, 1.807) is 0 Å². The van der Waals surface area contributed by atoms with Gasteiger partial charge in [-0.25, -0.2) is 0 Å². The maximum absolute atomic E-state index is 8.88. The summed E-state index contributed by atoms with van der Waals surface area (Å²) in [4.78, 5) is 2.52. The minimum atomic E-state index is 0.308. The van der Waals surface area contributed by atoms with Crippen molar-refractivity contribution in [3.05, 3.63) is 0 Å². The average Bonchev–Trinajstić information content (AvgIpc) is 2.49. The fraction of sp³-hybridized carbons (Fsp3) is 1.00. The van der Waals surface area contributed by atoms with Crippen LogP contribution in [0.5, 0.6) is 0 Å². The second-order valence-corrected chi connectivity index (χ2v) is 6.18. The summed E-state index contributed by atoms with van der Waals surface area (Å²) in [6.07, 6.45) is 15.0. The van der Waals surface area contributed by atoms with E-state index < -0.39 is 0 Å². The minimum Gasteiger partial charge on any atom is -0.396 e. The quantitative estimate of drug-likeness (QED) is 0.399. The first-order chi connectivity index (χ1) is 10.3. The maximum atomic E-state index is 8.88. The highest BCUT2D eigenvalue weighted by Crippen LogP contribution is 2.09. The Labute approximate surface area is 132 Å². The Balaban J connectivity index is 3.54. The van der Waals surface area contributed by atoms with Crippen LogP contribution in [0.4, 0.5) is 0 Å². The Hall–Kier alpha value is -0.120. The van der Waals surface area contributed by atoms with Gasteiger partial charge >= 0.3 is 0 Å². The summed E-state index contributed by atoms with van der Waals surface area (Å²) in [6.45, 7) is 6.27. The highest BCUT2D eigenvalue weighted by molar-refractivity contribution is 4.59. The molecule has 3 heteroatoms.